The van der Waals surface area contributed by atoms with Crippen molar-refractivity contribution in [3.8, 4) is 0 Å². The Morgan fingerprint density at radius 3 is 2.40 bits per heavy atom. The fourth-order valence-corrected chi connectivity index (χ4v) is 2.10. The highest BCUT2D eigenvalue weighted by atomic mass is 32.1. The van der Waals surface area contributed by atoms with E-state index in [0.717, 1.165) is 29.3 Å². The number of carbonyl (C=O) groups is 1. The summed E-state index contributed by atoms with van der Waals surface area (Å²) in [6.45, 7) is 1.90. The van der Waals surface area contributed by atoms with Gasteiger partial charge >= 0.3 is 6.18 Å². The molecule has 8 heteroatoms. The van der Waals surface area contributed by atoms with E-state index in [9.17, 15) is 18.0 Å². The molecule has 20 heavy (non-hydrogen) atoms. The van der Waals surface area contributed by atoms with Gasteiger partial charge in [0.05, 0.1) is 5.56 Å². The predicted octanol–water partition coefficient (Wildman–Crippen LogP) is 3.37. The third-order valence-corrected chi connectivity index (χ3v) is 3.45. The highest BCUT2D eigenvalue weighted by Crippen LogP contribution is 2.29. The van der Waals surface area contributed by atoms with Crippen molar-refractivity contribution in [1.82, 2.24) is 10.2 Å². The molecule has 0 atom stereocenters. The van der Waals surface area contributed by atoms with Crippen molar-refractivity contribution in [2.45, 2.75) is 19.5 Å². The smallest absolute Gasteiger partial charge is 0.296 e. The third-order valence-electron chi connectivity index (χ3n) is 2.46. The van der Waals surface area contributed by atoms with Crippen molar-refractivity contribution < 1.29 is 18.0 Å². The summed E-state index contributed by atoms with van der Waals surface area (Å²) in [4.78, 5) is 11.8. The zero-order valence-electron chi connectivity index (χ0n) is 10.4. The van der Waals surface area contributed by atoms with Crippen LogP contribution in [0.25, 0.3) is 0 Å². The SMILES string of the molecule is CCc1nnc(NC(=O)c2ccc(C(F)(F)F)cc2)s1. The van der Waals surface area contributed by atoms with Crippen LogP contribution in [-0.4, -0.2) is 16.1 Å². The fourth-order valence-electron chi connectivity index (χ4n) is 1.43. The largest absolute Gasteiger partial charge is 0.416 e. The molecular formula is C12H10F3N3OS. The molecule has 1 heterocycles. The molecule has 1 aromatic carbocycles. The Kier molecular flexibility index (Phi) is 4.03. The van der Waals surface area contributed by atoms with Crippen LogP contribution in [0.2, 0.25) is 0 Å². The van der Waals surface area contributed by atoms with E-state index in [1.54, 1.807) is 0 Å². The van der Waals surface area contributed by atoms with Crippen LogP contribution >= 0.6 is 11.3 Å². The Morgan fingerprint density at radius 1 is 1.25 bits per heavy atom. The number of aryl methyl sites for hydroxylation is 1. The van der Waals surface area contributed by atoms with E-state index < -0.39 is 17.6 Å². The van der Waals surface area contributed by atoms with Crippen LogP contribution in [0, 0.1) is 0 Å². The molecule has 0 fully saturated rings. The molecule has 1 N–H and O–H groups in total. The second kappa shape index (κ2) is 5.58. The summed E-state index contributed by atoms with van der Waals surface area (Å²) in [7, 11) is 0. The van der Waals surface area contributed by atoms with Gasteiger partial charge < -0.3 is 0 Å². The minimum Gasteiger partial charge on any atom is -0.296 e. The van der Waals surface area contributed by atoms with Crippen LogP contribution in [0.4, 0.5) is 18.3 Å². The molecule has 0 aliphatic heterocycles. The van der Waals surface area contributed by atoms with Crippen LogP contribution < -0.4 is 5.32 Å². The van der Waals surface area contributed by atoms with Gasteiger partial charge in [-0.2, -0.15) is 13.2 Å². The number of carbonyl (C=O) groups excluding carboxylic acids is 1. The molecule has 2 aromatic rings. The summed E-state index contributed by atoms with van der Waals surface area (Å²) >= 11 is 1.23. The predicted molar refractivity (Wildman–Crippen MR) is 68.7 cm³/mol. The molecule has 0 bridgehead atoms. The number of benzene rings is 1. The van der Waals surface area contributed by atoms with Gasteiger partial charge in [-0.05, 0) is 30.7 Å². The average Bonchev–Trinajstić information content (AvgIpc) is 2.85. The van der Waals surface area contributed by atoms with Crippen molar-refractivity contribution in [2.75, 3.05) is 5.32 Å². The number of nitrogens with one attached hydrogen (secondary N) is 1. The topological polar surface area (TPSA) is 54.9 Å². The van der Waals surface area contributed by atoms with Crippen molar-refractivity contribution in [3.63, 3.8) is 0 Å². The number of rotatable bonds is 3. The molecule has 0 unspecified atom stereocenters. The van der Waals surface area contributed by atoms with Crippen molar-refractivity contribution in [2.24, 2.45) is 0 Å². The summed E-state index contributed by atoms with van der Waals surface area (Å²) < 4.78 is 37.2. The van der Waals surface area contributed by atoms with Gasteiger partial charge in [-0.1, -0.05) is 18.3 Å². The number of nitrogens with zero attached hydrogens (tertiary/aromatic N) is 2. The van der Waals surface area contributed by atoms with Gasteiger partial charge in [0.25, 0.3) is 5.91 Å². The first-order valence-corrected chi connectivity index (χ1v) is 6.53. The average molecular weight is 301 g/mol. The number of hydrogen-bond acceptors (Lipinski definition) is 4. The molecule has 0 saturated heterocycles. The highest BCUT2D eigenvalue weighted by molar-refractivity contribution is 7.15. The Hall–Kier alpha value is -1.96. The molecule has 4 nitrogen and oxygen atoms in total. The van der Waals surface area contributed by atoms with E-state index in [4.69, 9.17) is 0 Å². The lowest BCUT2D eigenvalue weighted by atomic mass is 10.1. The molecule has 0 saturated carbocycles. The van der Waals surface area contributed by atoms with Crippen LogP contribution in [0.15, 0.2) is 24.3 Å². The van der Waals surface area contributed by atoms with Crippen molar-refractivity contribution in [1.29, 1.82) is 0 Å². The van der Waals surface area contributed by atoms with Crippen LogP contribution in [0.1, 0.15) is 27.9 Å². The fraction of sp³-hybridized carbons (Fsp3) is 0.250. The van der Waals surface area contributed by atoms with Gasteiger partial charge in [-0.25, -0.2) is 0 Å². The molecule has 0 radical (unpaired) electrons. The van der Waals surface area contributed by atoms with Crippen LogP contribution in [0.3, 0.4) is 0 Å². The Labute approximate surface area is 116 Å². The van der Waals surface area contributed by atoms with Gasteiger partial charge in [-0.15, -0.1) is 10.2 Å². The van der Waals surface area contributed by atoms with Crippen molar-refractivity contribution >= 4 is 22.4 Å². The first-order valence-electron chi connectivity index (χ1n) is 5.71. The van der Waals surface area contributed by atoms with Gasteiger partial charge in [0.2, 0.25) is 5.13 Å². The van der Waals surface area contributed by atoms with E-state index in [2.05, 4.69) is 15.5 Å². The van der Waals surface area contributed by atoms with E-state index in [-0.39, 0.29) is 5.56 Å². The van der Waals surface area contributed by atoms with Crippen LogP contribution in [0.5, 0.6) is 0 Å². The second-order valence-electron chi connectivity index (χ2n) is 3.88. The monoisotopic (exact) mass is 301 g/mol. The molecule has 0 aliphatic rings. The molecule has 0 aliphatic carbocycles. The molecule has 1 amide bonds. The van der Waals surface area contributed by atoms with E-state index in [1.807, 2.05) is 6.92 Å². The van der Waals surface area contributed by atoms with Gasteiger partial charge in [0.1, 0.15) is 5.01 Å². The number of aromatic nitrogens is 2. The molecule has 106 valence electrons. The summed E-state index contributed by atoms with van der Waals surface area (Å²) in [6.07, 6.45) is -3.71. The Bertz CT molecular complexity index is 607. The summed E-state index contributed by atoms with van der Waals surface area (Å²) in [5.41, 5.74) is -0.663. The summed E-state index contributed by atoms with van der Waals surface area (Å²) in [5.74, 6) is -0.516. The normalized spacial score (nSPS) is 11.4. The minimum absolute atomic E-state index is 0.131. The zero-order chi connectivity index (χ0) is 14.8. The summed E-state index contributed by atoms with van der Waals surface area (Å²) in [5, 5.41) is 11.2. The maximum Gasteiger partial charge on any atom is 0.416 e. The van der Waals surface area contributed by atoms with Gasteiger partial charge in [0.15, 0.2) is 0 Å². The second-order valence-corrected chi connectivity index (χ2v) is 4.95. The number of amides is 1. The quantitative estimate of drug-likeness (QED) is 0.945. The maximum absolute atomic E-state index is 12.4. The summed E-state index contributed by atoms with van der Waals surface area (Å²) in [6, 6.07) is 3.98. The highest BCUT2D eigenvalue weighted by Gasteiger charge is 2.30. The van der Waals surface area contributed by atoms with Gasteiger partial charge in [0, 0.05) is 5.56 Å². The minimum atomic E-state index is -4.41. The third kappa shape index (κ3) is 3.32. The van der Waals surface area contributed by atoms with E-state index >= 15 is 0 Å². The number of anilines is 1. The first-order chi connectivity index (χ1) is 9.40. The Morgan fingerprint density at radius 2 is 1.90 bits per heavy atom. The molecule has 1 aromatic heterocycles. The standard InChI is InChI=1S/C12H10F3N3OS/c1-2-9-17-18-11(20-9)16-10(19)7-3-5-8(6-4-7)12(13,14)15/h3-6H,2H2,1H3,(H,16,18,19). The lowest BCUT2D eigenvalue weighted by molar-refractivity contribution is -0.137. The number of alkyl halides is 3. The van der Waals surface area contributed by atoms with Crippen LogP contribution in [-0.2, 0) is 12.6 Å². The zero-order valence-corrected chi connectivity index (χ0v) is 11.2. The van der Waals surface area contributed by atoms with E-state index in [0.29, 0.717) is 11.6 Å². The molecule has 2 rings (SSSR count). The first kappa shape index (κ1) is 14.4. The number of hydrogen-bond donors (Lipinski definition) is 1. The van der Waals surface area contributed by atoms with E-state index in [1.165, 1.54) is 11.3 Å². The van der Waals surface area contributed by atoms with Crippen molar-refractivity contribution in [3.05, 3.63) is 40.4 Å². The molecule has 0 spiro atoms. The lowest BCUT2D eigenvalue weighted by Gasteiger charge is -2.07. The Balaban J connectivity index is 2.09. The molecular weight excluding hydrogens is 291 g/mol. The van der Waals surface area contributed by atoms with Gasteiger partial charge in [-0.3, -0.25) is 10.1 Å². The number of halogens is 3. The lowest BCUT2D eigenvalue weighted by Crippen LogP contribution is -2.12. The maximum atomic E-state index is 12.4.